The van der Waals surface area contributed by atoms with E-state index in [4.69, 9.17) is 9.94 Å². The number of hydrogen-bond acceptors (Lipinski definition) is 6. The predicted molar refractivity (Wildman–Crippen MR) is 108 cm³/mol. The summed E-state index contributed by atoms with van der Waals surface area (Å²) in [5, 5.41) is 19.0. The van der Waals surface area contributed by atoms with Gasteiger partial charge in [0, 0.05) is 24.8 Å². The number of nitrogens with zero attached hydrogens (tertiary/aromatic N) is 2. The number of amides is 2. The number of hydrogen-bond donors (Lipinski definition) is 3. The number of hydroxylamine groups is 1. The molecule has 2 aliphatic heterocycles. The number of anilines is 1. The molecule has 0 aliphatic carbocycles. The number of ether oxygens (including phenoxy) is 1. The molecule has 0 radical (unpaired) electrons. The smallest absolute Gasteiger partial charge is 0.272 e. The Labute approximate surface area is 171 Å². The summed E-state index contributed by atoms with van der Waals surface area (Å²) in [4.78, 5) is 28.8. The number of piperazine rings is 1. The molecule has 2 fully saturated rings. The maximum atomic E-state index is 13.0. The van der Waals surface area contributed by atoms with E-state index in [2.05, 4.69) is 11.8 Å². The number of nitrogens with one attached hydrogen (secondary N) is 1. The number of rotatable bonds is 6. The van der Waals surface area contributed by atoms with Crippen molar-refractivity contribution in [3.8, 4) is 5.75 Å². The number of fused-ring (bicyclic) bond motifs is 1. The molecule has 0 bridgehead atoms. The summed E-state index contributed by atoms with van der Waals surface area (Å²) in [5.74, 6) is -1.04. The van der Waals surface area contributed by atoms with Crippen molar-refractivity contribution in [2.75, 3.05) is 24.6 Å². The molecule has 0 aromatic heterocycles. The Bertz CT molecular complexity index is 726. The maximum absolute atomic E-state index is 13.0. The van der Waals surface area contributed by atoms with Crippen LogP contribution in [-0.2, 0) is 9.59 Å². The fourth-order valence-corrected chi connectivity index (χ4v) is 4.50. The average Bonchev–Trinajstić information content (AvgIpc) is 2.73. The van der Waals surface area contributed by atoms with Gasteiger partial charge in [0.05, 0.1) is 18.6 Å². The highest BCUT2D eigenvalue weighted by Gasteiger charge is 2.48. The first-order valence-corrected chi connectivity index (χ1v) is 10.3. The van der Waals surface area contributed by atoms with E-state index >= 15 is 0 Å². The van der Waals surface area contributed by atoms with Crippen molar-refractivity contribution in [3.05, 3.63) is 24.3 Å². The van der Waals surface area contributed by atoms with Gasteiger partial charge >= 0.3 is 0 Å². The second kappa shape index (κ2) is 9.00. The van der Waals surface area contributed by atoms with Crippen LogP contribution in [-0.4, -0.2) is 64.9 Å². The van der Waals surface area contributed by atoms with E-state index in [0.717, 1.165) is 17.9 Å². The van der Waals surface area contributed by atoms with Crippen LogP contribution in [0.15, 0.2) is 24.3 Å². The molecule has 2 amide bonds. The molecule has 160 valence electrons. The van der Waals surface area contributed by atoms with Crippen LogP contribution in [0.4, 0.5) is 5.69 Å². The molecule has 5 atom stereocenters. The first kappa shape index (κ1) is 21.4. The van der Waals surface area contributed by atoms with E-state index in [-0.39, 0.29) is 23.9 Å². The molecule has 2 aliphatic rings. The summed E-state index contributed by atoms with van der Waals surface area (Å²) in [6, 6.07) is 7.96. The second-order valence-corrected chi connectivity index (χ2v) is 8.15. The van der Waals surface area contributed by atoms with Crippen molar-refractivity contribution in [2.45, 2.75) is 51.8 Å². The zero-order valence-corrected chi connectivity index (χ0v) is 17.2. The Morgan fingerprint density at radius 2 is 1.97 bits per heavy atom. The third kappa shape index (κ3) is 4.33. The zero-order valence-electron chi connectivity index (χ0n) is 17.2. The fourth-order valence-electron chi connectivity index (χ4n) is 4.50. The minimum Gasteiger partial charge on any atom is -0.494 e. The van der Waals surface area contributed by atoms with Crippen LogP contribution in [0.5, 0.6) is 5.75 Å². The first-order chi connectivity index (χ1) is 13.9. The standard InChI is InChI=1S/C21H31N3O5/c1-4-9-29-16-7-5-15(6-8-16)23-11-14(3)24-18(12-23)13(2)10-17(21(24)27)19(25)20(26)22-28/h5-8,13-14,17-19,25,28H,4,9-12H2,1-3H3,(H,22,26)/t13?,14-,17+,18?,19+/m1/s1. The van der Waals surface area contributed by atoms with Gasteiger partial charge in [-0.25, -0.2) is 5.48 Å². The summed E-state index contributed by atoms with van der Waals surface area (Å²) in [7, 11) is 0. The molecular weight excluding hydrogens is 374 g/mol. The van der Waals surface area contributed by atoms with Gasteiger partial charge in [0.15, 0.2) is 0 Å². The van der Waals surface area contributed by atoms with Crippen LogP contribution in [0.3, 0.4) is 0 Å². The third-order valence-electron chi connectivity index (χ3n) is 6.01. The minimum atomic E-state index is -1.54. The normalized spacial score (nSPS) is 28.0. The van der Waals surface area contributed by atoms with E-state index < -0.39 is 17.9 Å². The van der Waals surface area contributed by atoms with Crippen molar-refractivity contribution in [1.29, 1.82) is 0 Å². The van der Waals surface area contributed by atoms with E-state index in [9.17, 15) is 14.7 Å². The quantitative estimate of drug-likeness (QED) is 0.488. The molecule has 2 saturated heterocycles. The maximum Gasteiger partial charge on any atom is 0.272 e. The predicted octanol–water partition coefficient (Wildman–Crippen LogP) is 1.40. The molecular formula is C21H31N3O5. The average molecular weight is 405 g/mol. The van der Waals surface area contributed by atoms with Gasteiger partial charge < -0.3 is 19.6 Å². The Kier molecular flexibility index (Phi) is 6.64. The second-order valence-electron chi connectivity index (χ2n) is 8.15. The Balaban J connectivity index is 1.74. The first-order valence-electron chi connectivity index (χ1n) is 10.3. The Hall–Kier alpha value is -2.32. The van der Waals surface area contributed by atoms with E-state index in [1.54, 1.807) is 0 Å². The molecule has 1 aromatic rings. The largest absolute Gasteiger partial charge is 0.494 e. The van der Waals surface area contributed by atoms with Crippen molar-refractivity contribution in [3.63, 3.8) is 0 Å². The number of aliphatic hydroxyl groups excluding tert-OH is 1. The summed E-state index contributed by atoms with van der Waals surface area (Å²) >= 11 is 0. The molecule has 29 heavy (non-hydrogen) atoms. The number of carbonyl (C=O) groups is 2. The third-order valence-corrected chi connectivity index (χ3v) is 6.01. The summed E-state index contributed by atoms with van der Waals surface area (Å²) in [5.41, 5.74) is 2.53. The molecule has 1 aromatic carbocycles. The Morgan fingerprint density at radius 3 is 2.59 bits per heavy atom. The lowest BCUT2D eigenvalue weighted by molar-refractivity contribution is -0.160. The number of carbonyl (C=O) groups excluding carboxylic acids is 2. The van der Waals surface area contributed by atoms with Crippen molar-refractivity contribution in [2.24, 2.45) is 11.8 Å². The lowest BCUT2D eigenvalue weighted by Crippen LogP contribution is -2.67. The van der Waals surface area contributed by atoms with Gasteiger partial charge in [0.25, 0.3) is 5.91 Å². The minimum absolute atomic E-state index is 0.00269. The fraction of sp³-hybridized carbons (Fsp3) is 0.619. The van der Waals surface area contributed by atoms with Gasteiger partial charge in [-0.15, -0.1) is 0 Å². The van der Waals surface area contributed by atoms with Gasteiger partial charge in [-0.3, -0.25) is 14.8 Å². The number of benzene rings is 1. The van der Waals surface area contributed by atoms with Crippen LogP contribution in [0, 0.1) is 11.8 Å². The highest BCUT2D eigenvalue weighted by atomic mass is 16.5. The van der Waals surface area contributed by atoms with Gasteiger partial charge in [-0.1, -0.05) is 13.8 Å². The summed E-state index contributed by atoms with van der Waals surface area (Å²) in [6.45, 7) is 8.16. The molecule has 3 rings (SSSR count). The van der Waals surface area contributed by atoms with Gasteiger partial charge in [-0.2, -0.15) is 0 Å². The molecule has 0 saturated carbocycles. The van der Waals surface area contributed by atoms with E-state index in [0.29, 0.717) is 26.1 Å². The lowest BCUT2D eigenvalue weighted by atomic mass is 9.78. The monoisotopic (exact) mass is 405 g/mol. The molecule has 8 heteroatoms. The van der Waals surface area contributed by atoms with Crippen molar-refractivity contribution >= 4 is 17.5 Å². The molecule has 8 nitrogen and oxygen atoms in total. The van der Waals surface area contributed by atoms with Crippen molar-refractivity contribution < 1.29 is 24.6 Å². The van der Waals surface area contributed by atoms with Crippen LogP contribution >= 0.6 is 0 Å². The SMILES string of the molecule is CCCOc1ccc(N2CC3C(C)C[C@@H]([C@H](O)C(=O)NO)C(=O)N3[C@H](C)C2)cc1. The number of piperidine rings is 1. The highest BCUT2D eigenvalue weighted by Crippen LogP contribution is 2.36. The highest BCUT2D eigenvalue weighted by molar-refractivity contribution is 5.89. The molecule has 3 N–H and O–H groups in total. The number of aliphatic hydroxyl groups is 1. The van der Waals surface area contributed by atoms with Crippen LogP contribution in [0.1, 0.15) is 33.6 Å². The summed E-state index contributed by atoms with van der Waals surface area (Å²) in [6.07, 6.45) is -0.180. The van der Waals surface area contributed by atoms with Gasteiger partial charge in [-0.05, 0) is 49.9 Å². The van der Waals surface area contributed by atoms with Crippen LogP contribution < -0.4 is 15.1 Å². The Morgan fingerprint density at radius 1 is 1.28 bits per heavy atom. The van der Waals surface area contributed by atoms with E-state index in [1.165, 1.54) is 5.48 Å². The van der Waals surface area contributed by atoms with Gasteiger partial charge in [0.2, 0.25) is 5.91 Å². The van der Waals surface area contributed by atoms with E-state index in [1.807, 2.05) is 43.0 Å². The topological polar surface area (TPSA) is 102 Å². The molecule has 2 heterocycles. The van der Waals surface area contributed by atoms with Gasteiger partial charge in [0.1, 0.15) is 11.9 Å². The molecule has 0 spiro atoms. The zero-order chi connectivity index (χ0) is 21.1. The summed E-state index contributed by atoms with van der Waals surface area (Å²) < 4.78 is 5.65. The van der Waals surface area contributed by atoms with Crippen LogP contribution in [0.2, 0.25) is 0 Å². The van der Waals surface area contributed by atoms with Crippen LogP contribution in [0.25, 0.3) is 0 Å². The lowest BCUT2D eigenvalue weighted by Gasteiger charge is -2.53. The molecule has 2 unspecified atom stereocenters. The van der Waals surface area contributed by atoms with Crippen molar-refractivity contribution in [1.82, 2.24) is 10.4 Å².